The molecule has 0 saturated carbocycles. The predicted molar refractivity (Wildman–Crippen MR) is 76.7 cm³/mol. The maximum Gasteiger partial charge on any atom is 0.226 e. The number of benzene rings is 1. The summed E-state index contributed by atoms with van der Waals surface area (Å²) < 4.78 is 1.74. The Labute approximate surface area is 117 Å². The smallest absolute Gasteiger partial charge is 0.226 e. The molecule has 19 heavy (non-hydrogen) atoms. The summed E-state index contributed by atoms with van der Waals surface area (Å²) in [6.45, 7) is 2.47. The van der Waals surface area contributed by atoms with Crippen LogP contribution in [0.3, 0.4) is 0 Å². The number of hydrogen-bond acceptors (Lipinski definition) is 4. The average Bonchev–Trinajstić information content (AvgIpc) is 2.79. The average molecular weight is 276 g/mol. The molecule has 1 heterocycles. The maximum absolute atomic E-state index is 11.6. The van der Waals surface area contributed by atoms with Gasteiger partial charge in [0.2, 0.25) is 5.91 Å². The van der Waals surface area contributed by atoms with Crippen LogP contribution < -0.4 is 5.32 Å². The molecule has 0 spiro atoms. The molecule has 0 aliphatic heterocycles. The third kappa shape index (κ3) is 3.35. The number of carbonyl (C=O) groups is 1. The maximum atomic E-state index is 11.6. The van der Waals surface area contributed by atoms with Gasteiger partial charge in [0.05, 0.1) is 23.5 Å². The lowest BCUT2D eigenvalue weighted by atomic mass is 10.2. The second-order valence-corrected chi connectivity index (χ2v) is 4.57. The number of para-hydroxylation sites is 1. The third-order valence-electron chi connectivity index (χ3n) is 2.75. The van der Waals surface area contributed by atoms with Crippen LogP contribution in [0.4, 0.5) is 0 Å². The highest BCUT2D eigenvalue weighted by Gasteiger charge is 2.13. The summed E-state index contributed by atoms with van der Waals surface area (Å²) in [5, 5.41) is 10.9. The Morgan fingerprint density at radius 3 is 2.79 bits per heavy atom. The molecule has 1 aromatic carbocycles. The van der Waals surface area contributed by atoms with E-state index in [4.69, 9.17) is 0 Å². The number of nitrogens with one attached hydrogen (secondary N) is 1. The van der Waals surface area contributed by atoms with Crippen LogP contribution in [0.15, 0.2) is 30.3 Å². The van der Waals surface area contributed by atoms with Crippen molar-refractivity contribution in [3.63, 3.8) is 0 Å². The summed E-state index contributed by atoms with van der Waals surface area (Å²) in [5.74, 6) is 0.568. The van der Waals surface area contributed by atoms with E-state index in [0.29, 0.717) is 18.0 Å². The molecule has 100 valence electrons. The van der Waals surface area contributed by atoms with Crippen LogP contribution in [0.2, 0.25) is 0 Å². The van der Waals surface area contributed by atoms with Gasteiger partial charge in [-0.2, -0.15) is 12.6 Å². The van der Waals surface area contributed by atoms with Crippen LogP contribution in [-0.2, 0) is 11.2 Å². The van der Waals surface area contributed by atoms with E-state index in [-0.39, 0.29) is 12.3 Å². The van der Waals surface area contributed by atoms with Crippen LogP contribution in [0.5, 0.6) is 0 Å². The van der Waals surface area contributed by atoms with Crippen LogP contribution in [0, 0.1) is 6.92 Å². The van der Waals surface area contributed by atoms with Crippen molar-refractivity contribution in [1.29, 1.82) is 0 Å². The highest BCUT2D eigenvalue weighted by molar-refractivity contribution is 7.80. The molecule has 1 N–H and O–H groups in total. The SMILES string of the molecule is Cc1c(CC(=O)NCCS)nnn1-c1ccccc1. The van der Waals surface area contributed by atoms with Crippen LogP contribution in [-0.4, -0.2) is 33.2 Å². The molecular weight excluding hydrogens is 260 g/mol. The minimum atomic E-state index is -0.0581. The second kappa shape index (κ2) is 6.38. The lowest BCUT2D eigenvalue weighted by Crippen LogP contribution is -2.27. The number of aromatic nitrogens is 3. The molecule has 0 saturated heterocycles. The van der Waals surface area contributed by atoms with E-state index in [2.05, 4.69) is 28.3 Å². The van der Waals surface area contributed by atoms with Gasteiger partial charge in [0, 0.05) is 12.3 Å². The number of carbonyl (C=O) groups excluding carboxylic acids is 1. The van der Waals surface area contributed by atoms with Crippen molar-refractivity contribution in [2.45, 2.75) is 13.3 Å². The van der Waals surface area contributed by atoms with Crippen molar-refractivity contribution in [1.82, 2.24) is 20.3 Å². The number of amides is 1. The molecule has 6 heteroatoms. The van der Waals surface area contributed by atoms with Crippen molar-refractivity contribution in [2.75, 3.05) is 12.3 Å². The van der Waals surface area contributed by atoms with Crippen molar-refractivity contribution in [2.24, 2.45) is 0 Å². The monoisotopic (exact) mass is 276 g/mol. The summed E-state index contributed by atoms with van der Waals surface area (Å²) in [7, 11) is 0. The zero-order valence-corrected chi connectivity index (χ0v) is 11.6. The van der Waals surface area contributed by atoms with E-state index in [1.54, 1.807) is 4.68 Å². The highest BCUT2D eigenvalue weighted by Crippen LogP contribution is 2.11. The van der Waals surface area contributed by atoms with Gasteiger partial charge in [0.25, 0.3) is 0 Å². The van der Waals surface area contributed by atoms with Crippen LogP contribution >= 0.6 is 12.6 Å². The first-order valence-corrected chi connectivity index (χ1v) is 6.69. The normalized spacial score (nSPS) is 10.4. The van der Waals surface area contributed by atoms with E-state index in [0.717, 1.165) is 11.4 Å². The second-order valence-electron chi connectivity index (χ2n) is 4.12. The lowest BCUT2D eigenvalue weighted by Gasteiger charge is -2.04. The van der Waals surface area contributed by atoms with Crippen molar-refractivity contribution in [3.05, 3.63) is 41.7 Å². The molecule has 1 amide bonds. The summed E-state index contributed by atoms with van der Waals surface area (Å²) in [6, 6.07) is 9.73. The Balaban J connectivity index is 2.13. The first-order chi connectivity index (χ1) is 9.22. The van der Waals surface area contributed by atoms with Gasteiger partial charge in [-0.1, -0.05) is 23.4 Å². The van der Waals surface area contributed by atoms with Crippen LogP contribution in [0.25, 0.3) is 5.69 Å². The summed E-state index contributed by atoms with van der Waals surface area (Å²) in [5.41, 5.74) is 2.52. The standard InChI is InChI=1S/C13H16N4OS/c1-10-12(9-13(18)14-7-8-19)15-16-17(10)11-5-3-2-4-6-11/h2-6,19H,7-9H2,1H3,(H,14,18). The Kier molecular flexibility index (Phi) is 4.57. The summed E-state index contributed by atoms with van der Waals surface area (Å²) >= 11 is 4.05. The first kappa shape index (κ1) is 13.6. The minimum Gasteiger partial charge on any atom is -0.355 e. The number of rotatable bonds is 5. The molecule has 0 radical (unpaired) electrons. The van der Waals surface area contributed by atoms with Gasteiger partial charge in [-0.15, -0.1) is 5.10 Å². The van der Waals surface area contributed by atoms with Gasteiger partial charge < -0.3 is 5.32 Å². The van der Waals surface area contributed by atoms with E-state index in [1.807, 2.05) is 37.3 Å². The zero-order valence-electron chi connectivity index (χ0n) is 10.7. The van der Waals surface area contributed by atoms with Crippen LogP contribution in [0.1, 0.15) is 11.4 Å². The highest BCUT2D eigenvalue weighted by atomic mass is 32.1. The summed E-state index contributed by atoms with van der Waals surface area (Å²) in [4.78, 5) is 11.6. The Hall–Kier alpha value is -1.82. The van der Waals surface area contributed by atoms with Gasteiger partial charge in [-0.25, -0.2) is 4.68 Å². The van der Waals surface area contributed by atoms with Gasteiger partial charge in [0.15, 0.2) is 0 Å². The van der Waals surface area contributed by atoms with Gasteiger partial charge in [-0.3, -0.25) is 4.79 Å². The molecule has 0 aliphatic rings. The van der Waals surface area contributed by atoms with E-state index in [1.165, 1.54) is 0 Å². The molecule has 0 aliphatic carbocycles. The Morgan fingerprint density at radius 2 is 2.11 bits per heavy atom. The lowest BCUT2D eigenvalue weighted by molar-refractivity contribution is -0.120. The Bertz CT molecular complexity index is 553. The first-order valence-electron chi connectivity index (χ1n) is 6.06. The van der Waals surface area contributed by atoms with E-state index < -0.39 is 0 Å². The predicted octanol–water partition coefficient (Wildman–Crippen LogP) is 1.16. The molecule has 0 atom stereocenters. The Morgan fingerprint density at radius 1 is 1.37 bits per heavy atom. The van der Waals surface area contributed by atoms with E-state index >= 15 is 0 Å². The van der Waals surface area contributed by atoms with E-state index in [9.17, 15) is 4.79 Å². The van der Waals surface area contributed by atoms with Crippen molar-refractivity contribution < 1.29 is 4.79 Å². The van der Waals surface area contributed by atoms with Gasteiger partial charge in [-0.05, 0) is 19.1 Å². The zero-order chi connectivity index (χ0) is 13.7. The topological polar surface area (TPSA) is 59.8 Å². The molecule has 5 nitrogen and oxygen atoms in total. The number of nitrogens with zero attached hydrogens (tertiary/aromatic N) is 3. The molecule has 0 fully saturated rings. The van der Waals surface area contributed by atoms with Gasteiger partial charge >= 0.3 is 0 Å². The minimum absolute atomic E-state index is 0.0581. The molecular formula is C13H16N4OS. The molecule has 0 bridgehead atoms. The molecule has 1 aromatic heterocycles. The number of hydrogen-bond donors (Lipinski definition) is 2. The molecule has 2 rings (SSSR count). The largest absolute Gasteiger partial charge is 0.355 e. The van der Waals surface area contributed by atoms with Crippen molar-refractivity contribution >= 4 is 18.5 Å². The van der Waals surface area contributed by atoms with Crippen molar-refractivity contribution in [3.8, 4) is 5.69 Å². The quantitative estimate of drug-likeness (QED) is 0.806. The number of thiol groups is 1. The molecule has 2 aromatic rings. The summed E-state index contributed by atoms with van der Waals surface area (Å²) in [6.07, 6.45) is 0.243. The fraction of sp³-hybridized carbons (Fsp3) is 0.308. The fourth-order valence-corrected chi connectivity index (χ4v) is 1.86. The fourth-order valence-electron chi connectivity index (χ4n) is 1.75. The third-order valence-corrected chi connectivity index (χ3v) is 2.98. The van der Waals surface area contributed by atoms with Gasteiger partial charge in [0.1, 0.15) is 0 Å². The molecule has 0 unspecified atom stereocenters.